The van der Waals surface area contributed by atoms with Crippen LogP contribution in [-0.2, 0) is 16.1 Å². The van der Waals surface area contributed by atoms with Gasteiger partial charge in [-0.2, -0.15) is 0 Å². The van der Waals surface area contributed by atoms with E-state index >= 15 is 0 Å². The Morgan fingerprint density at radius 3 is 2.41 bits per heavy atom. The van der Waals surface area contributed by atoms with E-state index in [1.165, 1.54) is 29.2 Å². The van der Waals surface area contributed by atoms with Gasteiger partial charge in [-0.05, 0) is 42.8 Å². The van der Waals surface area contributed by atoms with Crippen molar-refractivity contribution in [3.05, 3.63) is 104 Å². The molecule has 3 amide bonds. The van der Waals surface area contributed by atoms with E-state index in [2.05, 4.69) is 15.9 Å². The maximum atomic E-state index is 13.5. The van der Waals surface area contributed by atoms with Crippen molar-refractivity contribution in [2.75, 3.05) is 4.90 Å². The highest BCUT2D eigenvalue weighted by Gasteiger charge is 2.44. The lowest BCUT2D eigenvalue weighted by atomic mass is 10.1. The summed E-state index contributed by atoms with van der Waals surface area (Å²) in [4.78, 5) is 52.8. The highest BCUT2D eigenvalue weighted by Crippen LogP contribution is 2.29. The Bertz CT molecular complexity index is 1270. The molecule has 0 saturated carbocycles. The molecule has 3 aromatic rings. The third-order valence-electron chi connectivity index (χ3n) is 5.62. The van der Waals surface area contributed by atoms with E-state index in [9.17, 15) is 24.5 Å². The van der Waals surface area contributed by atoms with Gasteiger partial charge in [-0.3, -0.25) is 24.5 Å². The van der Waals surface area contributed by atoms with Crippen LogP contribution in [0.25, 0.3) is 0 Å². The predicted octanol–water partition coefficient (Wildman–Crippen LogP) is 4.64. The monoisotopic (exact) mass is 521 g/mol. The molecular weight excluding hydrogens is 502 g/mol. The zero-order valence-electron chi connectivity index (χ0n) is 18.2. The maximum Gasteiger partial charge on any atom is 0.270 e. The summed E-state index contributed by atoms with van der Waals surface area (Å²) in [6, 6.07) is 18.5. The first kappa shape index (κ1) is 23.3. The zero-order valence-corrected chi connectivity index (χ0v) is 19.8. The summed E-state index contributed by atoms with van der Waals surface area (Å²) in [5.74, 6) is -1.50. The van der Waals surface area contributed by atoms with E-state index in [0.717, 1.165) is 20.5 Å². The second-order valence-electron chi connectivity index (χ2n) is 7.99. The van der Waals surface area contributed by atoms with Crippen LogP contribution in [0.5, 0.6) is 0 Å². The van der Waals surface area contributed by atoms with Crippen LogP contribution in [-0.4, -0.2) is 33.6 Å². The molecule has 172 valence electrons. The van der Waals surface area contributed by atoms with Gasteiger partial charge in [0.15, 0.2) is 0 Å². The summed E-state index contributed by atoms with van der Waals surface area (Å²) >= 11 is 3.33. The molecule has 4 rings (SSSR count). The smallest absolute Gasteiger partial charge is 0.270 e. The third kappa shape index (κ3) is 4.74. The molecule has 3 aromatic carbocycles. The number of halogens is 1. The van der Waals surface area contributed by atoms with Crippen LogP contribution in [0.3, 0.4) is 0 Å². The van der Waals surface area contributed by atoms with Crippen molar-refractivity contribution >= 4 is 45.0 Å². The quantitative estimate of drug-likeness (QED) is 0.267. The molecule has 0 radical (unpaired) electrons. The van der Waals surface area contributed by atoms with Crippen LogP contribution in [0, 0.1) is 17.0 Å². The fraction of sp³-hybridized carbons (Fsp3) is 0.160. The number of nitrogens with zero attached hydrogens (tertiary/aromatic N) is 3. The topological polar surface area (TPSA) is 101 Å². The summed E-state index contributed by atoms with van der Waals surface area (Å²) in [5.41, 5.74) is 2.06. The van der Waals surface area contributed by atoms with Gasteiger partial charge in [-0.1, -0.05) is 51.8 Å². The molecule has 1 unspecified atom stereocenters. The van der Waals surface area contributed by atoms with E-state index in [4.69, 9.17) is 0 Å². The molecule has 34 heavy (non-hydrogen) atoms. The zero-order chi connectivity index (χ0) is 24.4. The normalized spacial score (nSPS) is 15.5. The average Bonchev–Trinajstić information content (AvgIpc) is 3.12. The molecule has 0 aromatic heterocycles. The fourth-order valence-electron chi connectivity index (χ4n) is 3.85. The molecule has 0 aliphatic carbocycles. The molecule has 0 bridgehead atoms. The first-order chi connectivity index (χ1) is 16.2. The Hall–Kier alpha value is -3.85. The van der Waals surface area contributed by atoms with Crippen LogP contribution in [0.4, 0.5) is 11.4 Å². The van der Waals surface area contributed by atoms with E-state index in [1.54, 1.807) is 24.3 Å². The molecule has 1 aliphatic heterocycles. The number of nitro groups is 1. The molecule has 1 fully saturated rings. The first-order valence-electron chi connectivity index (χ1n) is 10.5. The second-order valence-corrected chi connectivity index (χ2v) is 8.91. The first-order valence-corrected chi connectivity index (χ1v) is 11.3. The van der Waals surface area contributed by atoms with Gasteiger partial charge in [-0.15, -0.1) is 0 Å². The van der Waals surface area contributed by atoms with Crippen LogP contribution in [0.2, 0.25) is 0 Å². The summed E-state index contributed by atoms with van der Waals surface area (Å²) in [6.07, 6.45) is -0.179. The molecule has 1 aliphatic rings. The van der Waals surface area contributed by atoms with Crippen molar-refractivity contribution in [3.8, 4) is 0 Å². The minimum atomic E-state index is -1.04. The Labute approximate surface area is 204 Å². The Kier molecular flexibility index (Phi) is 6.56. The summed E-state index contributed by atoms with van der Waals surface area (Å²) in [6.45, 7) is 2.00. The summed E-state index contributed by atoms with van der Waals surface area (Å²) in [7, 11) is 0. The standard InChI is InChI=1S/C25H20BrN3O5/c1-16-5-7-17(8-6-16)15-27(24(31)18-3-2-4-21(13-18)29(33)34)22-14-23(30)28(25(22)32)20-11-9-19(26)10-12-20/h2-13,22H,14-15H2,1H3. The van der Waals surface area contributed by atoms with Crippen molar-refractivity contribution in [1.82, 2.24) is 4.90 Å². The highest BCUT2D eigenvalue weighted by molar-refractivity contribution is 9.10. The van der Waals surface area contributed by atoms with Gasteiger partial charge in [0.2, 0.25) is 5.91 Å². The molecule has 1 heterocycles. The number of nitro benzene ring substituents is 1. The van der Waals surface area contributed by atoms with Gasteiger partial charge in [0.1, 0.15) is 6.04 Å². The molecule has 0 spiro atoms. The largest absolute Gasteiger partial charge is 0.322 e. The van der Waals surface area contributed by atoms with Crippen LogP contribution in [0.15, 0.2) is 77.3 Å². The lowest BCUT2D eigenvalue weighted by Crippen LogP contribution is -2.45. The van der Waals surface area contributed by atoms with Crippen molar-refractivity contribution in [2.24, 2.45) is 0 Å². The number of hydrogen-bond donors (Lipinski definition) is 0. The molecule has 1 atom stereocenters. The Morgan fingerprint density at radius 1 is 1.09 bits per heavy atom. The summed E-state index contributed by atoms with van der Waals surface area (Å²) in [5, 5.41) is 11.2. The Balaban J connectivity index is 1.71. The van der Waals surface area contributed by atoms with Crippen LogP contribution >= 0.6 is 15.9 Å². The van der Waals surface area contributed by atoms with E-state index < -0.39 is 28.7 Å². The van der Waals surface area contributed by atoms with Crippen LogP contribution < -0.4 is 4.90 Å². The molecule has 9 heteroatoms. The van der Waals surface area contributed by atoms with Gasteiger partial charge in [0.05, 0.1) is 17.0 Å². The number of carbonyl (C=O) groups is 3. The minimum absolute atomic E-state index is 0.0691. The fourth-order valence-corrected chi connectivity index (χ4v) is 4.12. The number of non-ortho nitro benzene ring substituents is 1. The van der Waals surface area contributed by atoms with Gasteiger partial charge >= 0.3 is 0 Å². The Morgan fingerprint density at radius 2 is 1.76 bits per heavy atom. The average molecular weight is 522 g/mol. The number of hydrogen-bond acceptors (Lipinski definition) is 5. The van der Waals surface area contributed by atoms with Crippen molar-refractivity contribution in [2.45, 2.75) is 25.9 Å². The molecular formula is C25H20BrN3O5. The third-order valence-corrected chi connectivity index (χ3v) is 6.15. The lowest BCUT2D eigenvalue weighted by Gasteiger charge is -2.28. The predicted molar refractivity (Wildman–Crippen MR) is 129 cm³/mol. The number of carbonyl (C=O) groups excluding carboxylic acids is 3. The second kappa shape index (κ2) is 9.56. The van der Waals surface area contributed by atoms with Crippen molar-refractivity contribution in [3.63, 3.8) is 0 Å². The van der Waals surface area contributed by atoms with E-state index in [-0.39, 0.29) is 24.2 Å². The van der Waals surface area contributed by atoms with Crippen molar-refractivity contribution in [1.29, 1.82) is 0 Å². The van der Waals surface area contributed by atoms with E-state index in [1.807, 2.05) is 31.2 Å². The molecule has 0 N–H and O–H groups in total. The number of anilines is 1. The number of rotatable bonds is 6. The molecule has 8 nitrogen and oxygen atoms in total. The highest BCUT2D eigenvalue weighted by atomic mass is 79.9. The van der Waals surface area contributed by atoms with Crippen molar-refractivity contribution < 1.29 is 19.3 Å². The van der Waals surface area contributed by atoms with E-state index in [0.29, 0.717) is 5.69 Å². The van der Waals surface area contributed by atoms with Gasteiger partial charge in [-0.25, -0.2) is 4.90 Å². The SMILES string of the molecule is Cc1ccc(CN(C(=O)c2cccc([N+](=O)[O-])c2)C2CC(=O)N(c3ccc(Br)cc3)C2=O)cc1. The maximum absolute atomic E-state index is 13.5. The van der Waals surface area contributed by atoms with Gasteiger partial charge in [0, 0.05) is 28.7 Å². The van der Waals surface area contributed by atoms with Gasteiger partial charge in [0.25, 0.3) is 17.5 Å². The minimum Gasteiger partial charge on any atom is -0.322 e. The lowest BCUT2D eigenvalue weighted by molar-refractivity contribution is -0.384. The molecule has 1 saturated heterocycles. The summed E-state index contributed by atoms with van der Waals surface area (Å²) < 4.78 is 0.800. The van der Waals surface area contributed by atoms with Gasteiger partial charge < -0.3 is 4.90 Å². The number of amides is 3. The number of imide groups is 1. The number of benzene rings is 3. The van der Waals surface area contributed by atoms with Crippen LogP contribution in [0.1, 0.15) is 27.9 Å². The number of aryl methyl sites for hydroxylation is 1.